The van der Waals surface area contributed by atoms with Crippen molar-refractivity contribution in [3.05, 3.63) is 11.6 Å². The van der Waals surface area contributed by atoms with Gasteiger partial charge in [-0.3, -0.25) is 0 Å². The molecule has 0 aromatic carbocycles. The first kappa shape index (κ1) is 7.80. The fraction of sp³-hybridized carbons (Fsp3) is 0.778. The molecule has 1 aliphatic carbocycles. The van der Waals surface area contributed by atoms with Gasteiger partial charge in [0, 0.05) is 12.5 Å². The molecule has 0 bridgehead atoms. The van der Waals surface area contributed by atoms with E-state index in [2.05, 4.69) is 19.9 Å². The maximum Gasteiger partial charge on any atom is 0.0493 e. The maximum atomic E-state index is 8.87. The molecular weight excluding hydrogens is 124 g/mol. The molecule has 0 aromatic rings. The standard InChI is InChI=1S/C9H16O/c1-7-4-3-5-9(7)8(2)6-10/h5,7-8,10H,3-4,6H2,1-2H3. The summed E-state index contributed by atoms with van der Waals surface area (Å²) in [6.45, 7) is 4.63. The van der Waals surface area contributed by atoms with Crippen LogP contribution in [0.1, 0.15) is 26.7 Å². The number of aliphatic hydroxyl groups is 1. The summed E-state index contributed by atoms with van der Waals surface area (Å²) in [6, 6.07) is 0. The van der Waals surface area contributed by atoms with Gasteiger partial charge in [-0.25, -0.2) is 0 Å². The number of hydrogen-bond acceptors (Lipinski definition) is 1. The minimum atomic E-state index is 0.302. The van der Waals surface area contributed by atoms with Gasteiger partial charge < -0.3 is 5.11 Å². The average molecular weight is 140 g/mol. The van der Waals surface area contributed by atoms with Gasteiger partial charge in [-0.2, -0.15) is 0 Å². The first-order valence-electron chi connectivity index (χ1n) is 4.06. The van der Waals surface area contributed by atoms with Gasteiger partial charge in [-0.1, -0.05) is 25.5 Å². The molecule has 0 fully saturated rings. The minimum Gasteiger partial charge on any atom is -0.396 e. The summed E-state index contributed by atoms with van der Waals surface area (Å²) in [5.41, 5.74) is 1.46. The molecule has 0 aliphatic heterocycles. The van der Waals surface area contributed by atoms with Crippen LogP contribution in [-0.4, -0.2) is 11.7 Å². The maximum absolute atomic E-state index is 8.87. The molecule has 0 spiro atoms. The summed E-state index contributed by atoms with van der Waals surface area (Å²) in [5, 5.41) is 8.87. The smallest absolute Gasteiger partial charge is 0.0493 e. The van der Waals surface area contributed by atoms with Crippen LogP contribution in [0.3, 0.4) is 0 Å². The van der Waals surface area contributed by atoms with E-state index in [-0.39, 0.29) is 0 Å². The van der Waals surface area contributed by atoms with Crippen molar-refractivity contribution in [1.29, 1.82) is 0 Å². The number of rotatable bonds is 2. The fourth-order valence-corrected chi connectivity index (χ4v) is 1.66. The Kier molecular flexibility index (Phi) is 2.50. The van der Waals surface area contributed by atoms with Gasteiger partial charge in [0.2, 0.25) is 0 Å². The van der Waals surface area contributed by atoms with Crippen molar-refractivity contribution >= 4 is 0 Å². The quantitative estimate of drug-likeness (QED) is 0.581. The van der Waals surface area contributed by atoms with Crippen molar-refractivity contribution in [2.45, 2.75) is 26.7 Å². The number of aliphatic hydroxyl groups excluding tert-OH is 1. The lowest BCUT2D eigenvalue weighted by molar-refractivity contribution is 0.250. The van der Waals surface area contributed by atoms with Crippen LogP contribution in [0, 0.1) is 11.8 Å². The lowest BCUT2D eigenvalue weighted by atomic mass is 9.93. The van der Waals surface area contributed by atoms with Crippen molar-refractivity contribution in [3.63, 3.8) is 0 Å². The molecule has 2 atom stereocenters. The predicted octanol–water partition coefficient (Wildman–Crippen LogP) is 1.97. The Morgan fingerprint density at radius 1 is 1.80 bits per heavy atom. The molecule has 1 nitrogen and oxygen atoms in total. The van der Waals surface area contributed by atoms with Gasteiger partial charge >= 0.3 is 0 Å². The van der Waals surface area contributed by atoms with Crippen LogP contribution in [0.25, 0.3) is 0 Å². The predicted molar refractivity (Wildman–Crippen MR) is 42.7 cm³/mol. The Morgan fingerprint density at radius 2 is 2.50 bits per heavy atom. The van der Waals surface area contributed by atoms with E-state index in [9.17, 15) is 0 Å². The van der Waals surface area contributed by atoms with Gasteiger partial charge in [0.1, 0.15) is 0 Å². The molecule has 0 radical (unpaired) electrons. The molecule has 58 valence electrons. The molecule has 2 unspecified atom stereocenters. The molecule has 10 heavy (non-hydrogen) atoms. The van der Waals surface area contributed by atoms with E-state index in [4.69, 9.17) is 5.11 Å². The molecule has 0 aromatic heterocycles. The van der Waals surface area contributed by atoms with Crippen molar-refractivity contribution in [2.75, 3.05) is 6.61 Å². The van der Waals surface area contributed by atoms with E-state index in [1.807, 2.05) is 0 Å². The van der Waals surface area contributed by atoms with Crippen LogP contribution < -0.4 is 0 Å². The monoisotopic (exact) mass is 140 g/mol. The highest BCUT2D eigenvalue weighted by Crippen LogP contribution is 2.30. The third-order valence-corrected chi connectivity index (χ3v) is 2.39. The van der Waals surface area contributed by atoms with Crippen molar-refractivity contribution < 1.29 is 5.11 Å². The molecule has 0 saturated carbocycles. The van der Waals surface area contributed by atoms with Gasteiger partial charge in [-0.05, 0) is 18.8 Å². The largest absolute Gasteiger partial charge is 0.396 e. The Bertz CT molecular complexity index is 138. The molecule has 1 N–H and O–H groups in total. The van der Waals surface area contributed by atoms with E-state index < -0.39 is 0 Å². The van der Waals surface area contributed by atoms with Gasteiger partial charge in [-0.15, -0.1) is 0 Å². The molecule has 0 heterocycles. The van der Waals surface area contributed by atoms with E-state index in [0.29, 0.717) is 18.4 Å². The fourth-order valence-electron chi connectivity index (χ4n) is 1.66. The van der Waals surface area contributed by atoms with Crippen LogP contribution in [0.5, 0.6) is 0 Å². The molecule has 0 amide bonds. The zero-order chi connectivity index (χ0) is 7.56. The van der Waals surface area contributed by atoms with Crippen LogP contribution >= 0.6 is 0 Å². The average Bonchev–Trinajstić information content (AvgIpc) is 2.34. The van der Waals surface area contributed by atoms with Gasteiger partial charge in [0.25, 0.3) is 0 Å². The van der Waals surface area contributed by atoms with Crippen LogP contribution in [-0.2, 0) is 0 Å². The Labute approximate surface area is 62.8 Å². The number of hydrogen-bond donors (Lipinski definition) is 1. The molecule has 0 saturated heterocycles. The van der Waals surface area contributed by atoms with Crippen LogP contribution in [0.4, 0.5) is 0 Å². The summed E-state index contributed by atoms with van der Waals surface area (Å²) in [6.07, 6.45) is 4.77. The van der Waals surface area contributed by atoms with E-state index >= 15 is 0 Å². The van der Waals surface area contributed by atoms with Crippen LogP contribution in [0.2, 0.25) is 0 Å². The first-order valence-corrected chi connectivity index (χ1v) is 4.06. The highest BCUT2D eigenvalue weighted by molar-refractivity contribution is 5.14. The third kappa shape index (κ3) is 1.40. The van der Waals surface area contributed by atoms with E-state index in [0.717, 1.165) is 0 Å². The topological polar surface area (TPSA) is 20.2 Å². The van der Waals surface area contributed by atoms with Crippen molar-refractivity contribution in [1.82, 2.24) is 0 Å². The normalized spacial score (nSPS) is 28.3. The second-order valence-corrected chi connectivity index (χ2v) is 3.27. The summed E-state index contributed by atoms with van der Waals surface area (Å²) >= 11 is 0. The van der Waals surface area contributed by atoms with E-state index in [1.54, 1.807) is 0 Å². The summed E-state index contributed by atoms with van der Waals surface area (Å²) in [7, 11) is 0. The molecular formula is C9H16O. The molecule has 1 aliphatic rings. The Balaban J connectivity index is 2.53. The van der Waals surface area contributed by atoms with Gasteiger partial charge in [0.15, 0.2) is 0 Å². The molecule has 1 rings (SSSR count). The minimum absolute atomic E-state index is 0.302. The second-order valence-electron chi connectivity index (χ2n) is 3.27. The zero-order valence-electron chi connectivity index (χ0n) is 6.80. The van der Waals surface area contributed by atoms with Gasteiger partial charge in [0.05, 0.1) is 0 Å². The SMILES string of the molecule is CC(CO)C1=CCCC1C. The summed E-state index contributed by atoms with van der Waals surface area (Å²) in [4.78, 5) is 0. The lowest BCUT2D eigenvalue weighted by Crippen LogP contribution is -2.08. The zero-order valence-corrected chi connectivity index (χ0v) is 6.80. The van der Waals surface area contributed by atoms with Crippen molar-refractivity contribution in [2.24, 2.45) is 11.8 Å². The first-order chi connectivity index (χ1) is 4.75. The van der Waals surface area contributed by atoms with Crippen molar-refractivity contribution in [3.8, 4) is 0 Å². The Morgan fingerprint density at radius 3 is 2.90 bits per heavy atom. The lowest BCUT2D eigenvalue weighted by Gasteiger charge is -2.14. The summed E-state index contributed by atoms with van der Waals surface area (Å²) in [5.74, 6) is 1.10. The summed E-state index contributed by atoms with van der Waals surface area (Å²) < 4.78 is 0. The second kappa shape index (κ2) is 3.20. The third-order valence-electron chi connectivity index (χ3n) is 2.39. The number of allylic oxidation sites excluding steroid dienone is 1. The highest BCUT2D eigenvalue weighted by Gasteiger charge is 2.18. The highest BCUT2D eigenvalue weighted by atomic mass is 16.3. The van der Waals surface area contributed by atoms with E-state index in [1.165, 1.54) is 18.4 Å². The Hall–Kier alpha value is -0.300. The van der Waals surface area contributed by atoms with Crippen LogP contribution in [0.15, 0.2) is 11.6 Å². The molecule has 1 heteroatoms.